The molecule has 0 spiro atoms. The maximum absolute atomic E-state index is 11.7. The van der Waals surface area contributed by atoms with Gasteiger partial charge in [-0.15, -0.1) is 11.3 Å². The lowest BCUT2D eigenvalue weighted by Crippen LogP contribution is -2.36. The maximum atomic E-state index is 11.7. The highest BCUT2D eigenvalue weighted by Gasteiger charge is 2.38. The van der Waals surface area contributed by atoms with Crippen molar-refractivity contribution in [2.45, 2.75) is 25.2 Å². The number of aliphatic carboxylic acids is 1. The van der Waals surface area contributed by atoms with Crippen LogP contribution in [0.3, 0.4) is 0 Å². The zero-order chi connectivity index (χ0) is 19.2. The predicted molar refractivity (Wildman–Crippen MR) is 85.7 cm³/mol. The van der Waals surface area contributed by atoms with E-state index in [0.717, 1.165) is 19.5 Å². The molecule has 0 saturated carbocycles. The van der Waals surface area contributed by atoms with Crippen LogP contribution in [-0.4, -0.2) is 51.0 Å². The number of nitrogens with zero attached hydrogens (tertiary/aromatic N) is 3. The molecular weight excluding hydrogens is 375 g/mol. The van der Waals surface area contributed by atoms with Crippen LogP contribution in [-0.2, 0) is 11.3 Å². The normalized spacial score (nSPS) is 16.2. The molecular formula is C14H16F3N5O3S. The van der Waals surface area contributed by atoms with Crippen LogP contribution >= 0.6 is 11.3 Å². The van der Waals surface area contributed by atoms with Crippen molar-refractivity contribution in [3.8, 4) is 0 Å². The van der Waals surface area contributed by atoms with Gasteiger partial charge in [-0.05, 0) is 12.5 Å². The molecule has 0 saturated heterocycles. The summed E-state index contributed by atoms with van der Waals surface area (Å²) in [5.74, 6) is -2.86. The monoisotopic (exact) mass is 391 g/mol. The molecule has 0 radical (unpaired) electrons. The Bertz CT molecular complexity index is 733. The molecule has 0 bridgehead atoms. The van der Waals surface area contributed by atoms with Gasteiger partial charge in [0.2, 0.25) is 0 Å². The van der Waals surface area contributed by atoms with Gasteiger partial charge < -0.3 is 15.7 Å². The fraction of sp³-hybridized carbons (Fsp3) is 0.429. The molecule has 12 heteroatoms. The summed E-state index contributed by atoms with van der Waals surface area (Å²) in [5, 5.41) is 19.5. The molecule has 1 amide bonds. The number of fused-ring (bicyclic) bond motifs is 1. The van der Waals surface area contributed by atoms with Gasteiger partial charge >= 0.3 is 12.1 Å². The van der Waals surface area contributed by atoms with Crippen molar-refractivity contribution in [2.24, 2.45) is 0 Å². The Labute approximate surface area is 150 Å². The lowest BCUT2D eigenvalue weighted by atomic mass is 10.1. The summed E-state index contributed by atoms with van der Waals surface area (Å²) in [6.45, 7) is 2.38. The quantitative estimate of drug-likeness (QED) is 0.728. The topological polar surface area (TPSA) is 109 Å². The van der Waals surface area contributed by atoms with Crippen LogP contribution < -0.4 is 10.6 Å². The third-order valence-corrected chi connectivity index (χ3v) is 4.04. The number of hydrogen-bond acceptors (Lipinski definition) is 6. The molecule has 26 heavy (non-hydrogen) atoms. The van der Waals surface area contributed by atoms with Crippen LogP contribution in [0.1, 0.15) is 28.6 Å². The van der Waals surface area contributed by atoms with E-state index < -0.39 is 12.1 Å². The van der Waals surface area contributed by atoms with Gasteiger partial charge in [0.05, 0.1) is 17.2 Å². The maximum Gasteiger partial charge on any atom is 0.490 e. The second-order valence-corrected chi connectivity index (χ2v) is 5.99. The van der Waals surface area contributed by atoms with Crippen LogP contribution in [0.15, 0.2) is 23.2 Å². The van der Waals surface area contributed by atoms with E-state index in [-0.39, 0.29) is 5.91 Å². The second-order valence-electron chi connectivity index (χ2n) is 5.27. The Morgan fingerprint density at radius 2 is 2.19 bits per heavy atom. The fourth-order valence-electron chi connectivity index (χ4n) is 2.26. The molecule has 8 nitrogen and oxygen atoms in total. The summed E-state index contributed by atoms with van der Waals surface area (Å²) in [7, 11) is 0. The van der Waals surface area contributed by atoms with Gasteiger partial charge in [-0.25, -0.2) is 9.78 Å². The first kappa shape index (κ1) is 19.8. The van der Waals surface area contributed by atoms with Crippen molar-refractivity contribution in [1.82, 2.24) is 25.4 Å². The van der Waals surface area contributed by atoms with E-state index in [9.17, 15) is 18.0 Å². The summed E-state index contributed by atoms with van der Waals surface area (Å²) in [6, 6.07) is 2.32. The minimum Gasteiger partial charge on any atom is -0.475 e. The number of nitrogens with one attached hydrogen (secondary N) is 2. The molecule has 2 aromatic heterocycles. The Morgan fingerprint density at radius 3 is 2.81 bits per heavy atom. The second kappa shape index (κ2) is 8.76. The number of carboxylic acids is 1. The molecule has 2 aromatic rings. The van der Waals surface area contributed by atoms with E-state index in [2.05, 4.69) is 20.7 Å². The average molecular weight is 391 g/mol. The van der Waals surface area contributed by atoms with E-state index in [1.807, 2.05) is 16.9 Å². The van der Waals surface area contributed by atoms with Gasteiger partial charge in [-0.3, -0.25) is 9.48 Å². The summed E-state index contributed by atoms with van der Waals surface area (Å²) < 4.78 is 33.8. The average Bonchev–Trinajstić information content (AvgIpc) is 3.26. The lowest BCUT2D eigenvalue weighted by molar-refractivity contribution is -0.192. The molecule has 1 unspecified atom stereocenters. The number of rotatable bonds is 4. The number of aromatic nitrogens is 3. The van der Waals surface area contributed by atoms with Crippen molar-refractivity contribution in [2.75, 3.05) is 13.1 Å². The van der Waals surface area contributed by atoms with E-state index in [1.165, 1.54) is 17.0 Å². The van der Waals surface area contributed by atoms with Gasteiger partial charge in [0.15, 0.2) is 0 Å². The smallest absolute Gasteiger partial charge is 0.475 e. The van der Waals surface area contributed by atoms with Crippen molar-refractivity contribution in [1.29, 1.82) is 0 Å². The Balaban J connectivity index is 0.000000298. The number of halogens is 3. The van der Waals surface area contributed by atoms with E-state index in [4.69, 9.17) is 9.90 Å². The van der Waals surface area contributed by atoms with Gasteiger partial charge in [0.1, 0.15) is 5.69 Å². The highest BCUT2D eigenvalue weighted by molar-refractivity contribution is 7.07. The number of carbonyl (C=O) groups is 2. The number of carbonyl (C=O) groups excluding carboxylic acids is 1. The van der Waals surface area contributed by atoms with Crippen molar-refractivity contribution >= 4 is 23.2 Å². The molecule has 0 aromatic carbocycles. The summed E-state index contributed by atoms with van der Waals surface area (Å²) in [6.07, 6.45) is -2.40. The molecule has 1 aliphatic heterocycles. The molecule has 0 fully saturated rings. The third-order valence-electron chi connectivity index (χ3n) is 3.45. The standard InChI is InChI=1S/C12H15N5OS.C2HF3O2/c18-12(11-7-19-8-15-11)14-3-1-9-5-13-6-10-2-4-16-17(9)10;3-2(4,5)1(6)7/h2,4,7-9,13H,1,3,5-6H2,(H,14,18);(H,6,7). The van der Waals surface area contributed by atoms with Crippen molar-refractivity contribution < 1.29 is 27.9 Å². The van der Waals surface area contributed by atoms with Crippen molar-refractivity contribution in [3.05, 3.63) is 34.5 Å². The summed E-state index contributed by atoms with van der Waals surface area (Å²) >= 11 is 1.43. The van der Waals surface area contributed by atoms with Gasteiger partial charge in [-0.2, -0.15) is 18.3 Å². The number of hydrogen-bond donors (Lipinski definition) is 3. The fourth-order valence-corrected chi connectivity index (χ4v) is 2.79. The number of alkyl halides is 3. The van der Waals surface area contributed by atoms with E-state index in [1.54, 1.807) is 10.9 Å². The SMILES string of the molecule is O=C(NCCC1CNCc2ccnn21)c1cscn1.O=C(O)C(F)(F)F. The summed E-state index contributed by atoms with van der Waals surface area (Å²) in [5.41, 5.74) is 3.35. The molecule has 3 rings (SSSR count). The van der Waals surface area contributed by atoms with Crippen LogP contribution in [0.25, 0.3) is 0 Å². The third kappa shape index (κ3) is 5.52. The minimum atomic E-state index is -5.08. The minimum absolute atomic E-state index is 0.106. The first-order valence-corrected chi connectivity index (χ1v) is 8.43. The lowest BCUT2D eigenvalue weighted by Gasteiger charge is -2.25. The highest BCUT2D eigenvalue weighted by atomic mass is 32.1. The molecule has 1 atom stereocenters. The summed E-state index contributed by atoms with van der Waals surface area (Å²) in [4.78, 5) is 24.6. The molecule has 142 valence electrons. The van der Waals surface area contributed by atoms with E-state index >= 15 is 0 Å². The Morgan fingerprint density at radius 1 is 1.46 bits per heavy atom. The molecule has 3 N–H and O–H groups in total. The van der Waals surface area contributed by atoms with E-state index in [0.29, 0.717) is 18.3 Å². The Kier molecular flexibility index (Phi) is 6.69. The Hall–Kier alpha value is -2.47. The number of amides is 1. The first-order valence-electron chi connectivity index (χ1n) is 7.48. The predicted octanol–water partition coefficient (Wildman–Crippen LogP) is 1.44. The van der Waals surface area contributed by atoms with Crippen LogP contribution in [0.4, 0.5) is 13.2 Å². The van der Waals surface area contributed by atoms with Crippen LogP contribution in [0, 0.1) is 0 Å². The molecule has 1 aliphatic rings. The zero-order valence-electron chi connectivity index (χ0n) is 13.4. The number of carboxylic acid groups (broad SMARTS) is 1. The van der Waals surface area contributed by atoms with Crippen molar-refractivity contribution in [3.63, 3.8) is 0 Å². The van der Waals surface area contributed by atoms with Gasteiger partial charge in [0, 0.05) is 31.2 Å². The van der Waals surface area contributed by atoms with Gasteiger partial charge in [-0.1, -0.05) is 0 Å². The largest absolute Gasteiger partial charge is 0.490 e. The first-order chi connectivity index (χ1) is 12.3. The molecule has 0 aliphatic carbocycles. The zero-order valence-corrected chi connectivity index (χ0v) is 14.2. The van der Waals surface area contributed by atoms with Crippen LogP contribution in [0.5, 0.6) is 0 Å². The highest BCUT2D eigenvalue weighted by Crippen LogP contribution is 2.16. The molecule has 3 heterocycles. The number of thiazole rings is 1. The van der Waals surface area contributed by atoms with Crippen LogP contribution in [0.2, 0.25) is 0 Å². The van der Waals surface area contributed by atoms with Gasteiger partial charge in [0.25, 0.3) is 5.91 Å².